The summed E-state index contributed by atoms with van der Waals surface area (Å²) in [7, 11) is 0. The zero-order valence-electron chi connectivity index (χ0n) is 18.9. The minimum Gasteiger partial charge on any atom is -0.338 e. The summed E-state index contributed by atoms with van der Waals surface area (Å²) in [5.74, 6) is -1.46. The van der Waals surface area contributed by atoms with Crippen LogP contribution in [0.2, 0.25) is 5.02 Å². The number of rotatable bonds is 5. The molecule has 1 aliphatic heterocycles. The van der Waals surface area contributed by atoms with E-state index in [1.54, 1.807) is 12.3 Å². The van der Waals surface area contributed by atoms with Crippen molar-refractivity contribution in [1.82, 2.24) is 9.88 Å². The topological polar surface area (TPSA) is 33.2 Å². The molecular formula is C21H23ClF2N2O. The van der Waals surface area contributed by atoms with E-state index in [4.69, 9.17) is 17.1 Å². The summed E-state index contributed by atoms with van der Waals surface area (Å²) in [6, 6.07) is 6.88. The van der Waals surface area contributed by atoms with Crippen molar-refractivity contribution in [2.45, 2.75) is 44.6 Å². The molecule has 6 heteroatoms. The highest BCUT2D eigenvalue weighted by Gasteiger charge is 2.35. The van der Waals surface area contributed by atoms with Crippen molar-refractivity contribution >= 4 is 17.5 Å². The molecule has 27 heavy (non-hydrogen) atoms. The van der Waals surface area contributed by atoms with E-state index in [0.29, 0.717) is 5.69 Å². The van der Waals surface area contributed by atoms with E-state index < -0.39 is 36.7 Å². The minimum absolute atomic E-state index is 0.0184. The molecule has 1 aliphatic rings. The van der Waals surface area contributed by atoms with Crippen LogP contribution in [0.3, 0.4) is 0 Å². The second kappa shape index (κ2) is 8.34. The molecule has 1 atom stereocenters. The molecule has 1 unspecified atom stereocenters. The van der Waals surface area contributed by atoms with Gasteiger partial charge < -0.3 is 4.90 Å². The van der Waals surface area contributed by atoms with E-state index in [-0.39, 0.29) is 36.4 Å². The highest BCUT2D eigenvalue weighted by molar-refractivity contribution is 6.31. The van der Waals surface area contributed by atoms with Gasteiger partial charge in [0.25, 0.3) is 5.91 Å². The van der Waals surface area contributed by atoms with Crippen LogP contribution >= 0.6 is 11.6 Å². The molecule has 1 amide bonds. The van der Waals surface area contributed by atoms with Gasteiger partial charge in [0.15, 0.2) is 0 Å². The molecule has 0 spiro atoms. The lowest BCUT2D eigenvalue weighted by Gasteiger charge is -2.36. The number of piperidine rings is 1. The third-order valence-corrected chi connectivity index (χ3v) is 4.78. The Bertz CT molecular complexity index is 974. The van der Waals surface area contributed by atoms with E-state index in [0.717, 1.165) is 22.6 Å². The van der Waals surface area contributed by atoms with E-state index in [2.05, 4.69) is 4.98 Å². The van der Waals surface area contributed by atoms with Gasteiger partial charge >= 0.3 is 0 Å². The number of halogens is 3. The summed E-state index contributed by atoms with van der Waals surface area (Å²) < 4.78 is 62.2. The Labute approximate surface area is 169 Å². The molecule has 1 saturated heterocycles. The molecule has 0 radical (unpaired) electrons. The average molecular weight is 397 g/mol. The summed E-state index contributed by atoms with van der Waals surface area (Å²) in [5.41, 5.74) is -0.892. The van der Waals surface area contributed by atoms with E-state index in [1.165, 1.54) is 6.07 Å². The average Bonchev–Trinajstić information content (AvgIpc) is 2.68. The van der Waals surface area contributed by atoms with E-state index in [1.807, 2.05) is 13.0 Å². The lowest BCUT2D eigenvalue weighted by molar-refractivity contribution is 0.0389. The maximum absolute atomic E-state index is 15.7. The summed E-state index contributed by atoms with van der Waals surface area (Å²) in [4.78, 5) is 17.8. The van der Waals surface area contributed by atoms with Crippen LogP contribution in [0.25, 0.3) is 0 Å². The Balaban J connectivity index is 1.74. The standard InChI is InChI=1S/C21H23ClF2N2O/c1-15-4-6-17(25-14-15)3-2-8-21(24)9-11-26(12-10-21)20(27)16-5-7-19(23)18(22)13-16/h4-7,13-14H,2-3,8-12H2,1H3/i8D2,11D2. The summed E-state index contributed by atoms with van der Waals surface area (Å²) >= 11 is 5.71. The molecule has 1 aromatic heterocycles. The smallest absolute Gasteiger partial charge is 0.253 e. The van der Waals surface area contributed by atoms with Crippen molar-refractivity contribution in [3.05, 3.63) is 64.2 Å². The maximum atomic E-state index is 15.7. The first-order chi connectivity index (χ1) is 14.3. The molecule has 2 heterocycles. The van der Waals surface area contributed by atoms with Crippen LogP contribution in [0, 0.1) is 12.7 Å². The predicted octanol–water partition coefficient (Wildman–Crippen LogP) is 5.15. The molecule has 144 valence electrons. The number of likely N-dealkylation sites (tertiary alicyclic amines) is 1. The predicted molar refractivity (Wildman–Crippen MR) is 102 cm³/mol. The molecule has 0 saturated carbocycles. The van der Waals surface area contributed by atoms with Gasteiger partial charge in [-0.05, 0) is 68.8 Å². The van der Waals surface area contributed by atoms with Crippen molar-refractivity contribution in [3.8, 4) is 0 Å². The van der Waals surface area contributed by atoms with Crippen molar-refractivity contribution < 1.29 is 19.1 Å². The molecule has 0 aliphatic carbocycles. The summed E-state index contributed by atoms with van der Waals surface area (Å²) in [6.45, 7) is -0.871. The van der Waals surface area contributed by atoms with Crippen molar-refractivity contribution in [3.63, 3.8) is 0 Å². The molecular weight excluding hydrogens is 370 g/mol. The normalized spacial score (nSPS) is 24.5. The number of hydrogen-bond donors (Lipinski definition) is 0. The molecule has 0 bridgehead atoms. The van der Waals surface area contributed by atoms with Crippen molar-refractivity contribution in [1.29, 1.82) is 0 Å². The number of amides is 1. The Kier molecular flexibility index (Phi) is 4.63. The Morgan fingerprint density at radius 2 is 2.22 bits per heavy atom. The van der Waals surface area contributed by atoms with Crippen LogP contribution < -0.4 is 0 Å². The summed E-state index contributed by atoms with van der Waals surface area (Å²) in [5, 5.41) is -0.274. The van der Waals surface area contributed by atoms with Crippen LogP contribution in [0.1, 0.15) is 52.7 Å². The lowest BCUT2D eigenvalue weighted by Crippen LogP contribution is -2.44. The van der Waals surface area contributed by atoms with Gasteiger partial charge in [0.05, 0.1) is 5.02 Å². The zero-order valence-corrected chi connectivity index (χ0v) is 15.7. The second-order valence-corrected chi connectivity index (χ2v) is 7.05. The molecule has 0 N–H and O–H groups in total. The number of pyridine rings is 1. The molecule has 1 fully saturated rings. The first kappa shape index (κ1) is 15.0. The van der Waals surface area contributed by atoms with Gasteiger partial charge in [0.1, 0.15) is 11.5 Å². The number of alkyl halides is 1. The van der Waals surface area contributed by atoms with Crippen LogP contribution in [-0.2, 0) is 6.42 Å². The van der Waals surface area contributed by atoms with Gasteiger partial charge in [-0.2, -0.15) is 0 Å². The fourth-order valence-electron chi connectivity index (χ4n) is 2.85. The van der Waals surface area contributed by atoms with Gasteiger partial charge in [0, 0.05) is 36.0 Å². The number of hydrogen-bond acceptors (Lipinski definition) is 2. The van der Waals surface area contributed by atoms with Crippen LogP contribution in [0.15, 0.2) is 36.5 Å². The highest BCUT2D eigenvalue weighted by atomic mass is 35.5. The Hall–Kier alpha value is -2.01. The van der Waals surface area contributed by atoms with Crippen LogP contribution in [0.4, 0.5) is 8.78 Å². The van der Waals surface area contributed by atoms with Gasteiger partial charge in [-0.1, -0.05) is 17.7 Å². The quantitative estimate of drug-likeness (QED) is 0.700. The van der Waals surface area contributed by atoms with Gasteiger partial charge in [0.2, 0.25) is 0 Å². The first-order valence-electron chi connectivity index (χ1n) is 10.7. The van der Waals surface area contributed by atoms with E-state index in [9.17, 15) is 9.18 Å². The number of aromatic nitrogens is 1. The lowest BCUT2D eigenvalue weighted by atomic mass is 9.87. The summed E-state index contributed by atoms with van der Waals surface area (Å²) in [6.07, 6.45) is -1.80. The fourth-order valence-corrected chi connectivity index (χ4v) is 3.03. The number of aryl methyl sites for hydroxylation is 2. The molecule has 1 aromatic carbocycles. The maximum Gasteiger partial charge on any atom is 0.253 e. The monoisotopic (exact) mass is 396 g/mol. The number of carbonyl (C=O) groups excluding carboxylic acids is 1. The molecule has 3 rings (SSSR count). The van der Waals surface area contributed by atoms with Crippen molar-refractivity contribution in [2.24, 2.45) is 0 Å². The SMILES string of the molecule is [2H]C1([2H])CC(F)(C([2H])([2H])CCc2ccc(C)cn2)CCN1C(=O)c1ccc(F)c(Cl)c1. The van der Waals surface area contributed by atoms with Gasteiger partial charge in [-0.25, -0.2) is 8.78 Å². The number of nitrogens with zero attached hydrogens (tertiary/aromatic N) is 2. The number of benzene rings is 1. The van der Waals surface area contributed by atoms with Crippen molar-refractivity contribution in [2.75, 3.05) is 13.0 Å². The Morgan fingerprint density at radius 1 is 1.41 bits per heavy atom. The van der Waals surface area contributed by atoms with Crippen LogP contribution in [0.5, 0.6) is 0 Å². The number of carbonyl (C=O) groups is 1. The highest BCUT2D eigenvalue weighted by Crippen LogP contribution is 2.32. The second-order valence-electron chi connectivity index (χ2n) is 6.64. The largest absolute Gasteiger partial charge is 0.338 e. The first-order valence-corrected chi connectivity index (χ1v) is 9.10. The molecule has 2 aromatic rings. The van der Waals surface area contributed by atoms with E-state index >= 15 is 4.39 Å². The fraction of sp³-hybridized carbons (Fsp3) is 0.429. The third-order valence-electron chi connectivity index (χ3n) is 4.49. The zero-order chi connectivity index (χ0) is 23.0. The molecule has 3 nitrogen and oxygen atoms in total. The Morgan fingerprint density at radius 3 is 2.89 bits per heavy atom. The van der Waals surface area contributed by atoms with Crippen LogP contribution in [-0.4, -0.2) is 34.5 Å². The third kappa shape index (κ3) is 5.04. The van der Waals surface area contributed by atoms with Gasteiger partial charge in [-0.3, -0.25) is 9.78 Å². The minimum atomic E-state index is -2.46. The van der Waals surface area contributed by atoms with Gasteiger partial charge in [-0.15, -0.1) is 0 Å².